The van der Waals surface area contributed by atoms with E-state index in [2.05, 4.69) is 32.3 Å². The molecule has 1 rings (SSSR count). The summed E-state index contributed by atoms with van der Waals surface area (Å²) in [5.74, 6) is 0.713. The van der Waals surface area contributed by atoms with Crippen molar-refractivity contribution in [3.05, 3.63) is 71.9 Å². The third-order valence-corrected chi connectivity index (χ3v) is 4.75. The van der Waals surface area contributed by atoms with Crippen LogP contribution in [0.4, 0.5) is 4.39 Å². The Bertz CT molecular complexity index is 860. The minimum absolute atomic E-state index is 0.0632. The average Bonchev–Trinajstić information content (AvgIpc) is 2.76. The molecule has 2 N–H and O–H groups in total. The molecule has 0 heterocycles. The predicted octanol–water partition coefficient (Wildman–Crippen LogP) is 6.99. The second kappa shape index (κ2) is 14.9. The monoisotopic (exact) mass is 428 g/mol. The first-order valence-corrected chi connectivity index (χ1v) is 10.6. The summed E-state index contributed by atoms with van der Waals surface area (Å²) in [6.07, 6.45) is 9.42. The molecule has 31 heavy (non-hydrogen) atoms. The molecule has 0 aromatic heterocycles. The number of Topliss-reactive ketones (excluding diaryl/α,β-unsaturated/α-hetero) is 1. The Kier molecular flexibility index (Phi) is 13.5. The number of ether oxygens (including phenoxy) is 1. The second-order valence-electron chi connectivity index (χ2n) is 7.22. The maximum atomic E-state index is 14.3. The summed E-state index contributed by atoms with van der Waals surface area (Å²) in [5, 5.41) is 0. The van der Waals surface area contributed by atoms with Crippen LogP contribution in [0.2, 0.25) is 0 Å². The van der Waals surface area contributed by atoms with Crippen molar-refractivity contribution in [2.45, 2.75) is 61.3 Å². The summed E-state index contributed by atoms with van der Waals surface area (Å²) in [6, 6.07) is 4.38. The number of nitrogens with zero attached hydrogens (tertiary/aromatic N) is 1. The largest absolute Gasteiger partial charge is 0.454 e. The quantitative estimate of drug-likeness (QED) is 0.262. The highest BCUT2D eigenvalue weighted by Crippen LogP contribution is 2.24. The Morgan fingerprint density at radius 1 is 1.26 bits per heavy atom. The minimum Gasteiger partial charge on any atom is -0.454 e. The lowest BCUT2D eigenvalue weighted by molar-refractivity contribution is -0.111. The van der Waals surface area contributed by atoms with Gasteiger partial charge in [-0.2, -0.15) is 0 Å². The fourth-order valence-corrected chi connectivity index (χ4v) is 2.10. The summed E-state index contributed by atoms with van der Waals surface area (Å²) in [5.41, 5.74) is 7.55. The van der Waals surface area contributed by atoms with Gasteiger partial charge in [0.25, 0.3) is 0 Å². The number of allylic oxidation sites excluding steroid dienone is 5. The number of benzene rings is 1. The lowest BCUT2D eigenvalue weighted by Gasteiger charge is -2.10. The Hall–Kier alpha value is -2.95. The number of hydrogen-bond donors (Lipinski definition) is 1. The summed E-state index contributed by atoms with van der Waals surface area (Å²) in [6.45, 7) is 16.9. The molecule has 0 amide bonds. The van der Waals surface area contributed by atoms with E-state index >= 15 is 0 Å². The van der Waals surface area contributed by atoms with Gasteiger partial charge in [0.05, 0.1) is 17.1 Å². The normalized spacial score (nSPS) is 12.9. The number of hydrogen-bond acceptors (Lipinski definition) is 4. The van der Waals surface area contributed by atoms with E-state index < -0.39 is 5.82 Å². The van der Waals surface area contributed by atoms with E-state index in [1.165, 1.54) is 38.0 Å². The van der Waals surface area contributed by atoms with Crippen molar-refractivity contribution in [2.75, 3.05) is 0 Å². The van der Waals surface area contributed by atoms with Crippen LogP contribution >= 0.6 is 0 Å². The Morgan fingerprint density at radius 3 is 2.29 bits per heavy atom. The van der Waals surface area contributed by atoms with E-state index in [9.17, 15) is 9.18 Å². The molecule has 5 heteroatoms. The molecule has 0 aliphatic rings. The molecule has 1 aromatic carbocycles. The van der Waals surface area contributed by atoms with Gasteiger partial charge in [-0.05, 0) is 57.0 Å². The van der Waals surface area contributed by atoms with Crippen LogP contribution in [0.5, 0.6) is 5.75 Å². The first kappa shape index (κ1) is 28.1. The fourth-order valence-electron chi connectivity index (χ4n) is 2.10. The molecule has 0 atom stereocenters. The van der Waals surface area contributed by atoms with E-state index in [-0.39, 0.29) is 11.5 Å². The van der Waals surface area contributed by atoms with Crippen molar-refractivity contribution in [1.82, 2.24) is 0 Å². The van der Waals surface area contributed by atoms with Crippen molar-refractivity contribution < 1.29 is 13.9 Å². The van der Waals surface area contributed by atoms with E-state index in [1.54, 1.807) is 32.1 Å². The molecule has 0 radical (unpaired) electrons. The van der Waals surface area contributed by atoms with Gasteiger partial charge in [-0.25, -0.2) is 4.39 Å². The molecule has 0 unspecified atom stereocenters. The minimum atomic E-state index is -0.561. The molecule has 4 nitrogen and oxygen atoms in total. The van der Waals surface area contributed by atoms with Crippen LogP contribution in [0, 0.1) is 11.7 Å². The smallest absolute Gasteiger partial charge is 0.173 e. The van der Waals surface area contributed by atoms with Crippen LogP contribution in [-0.2, 0) is 4.79 Å². The number of aliphatic imine (C=N–C) groups is 1. The summed E-state index contributed by atoms with van der Waals surface area (Å²) in [7, 11) is 0. The molecule has 0 aliphatic carbocycles. The van der Waals surface area contributed by atoms with E-state index in [0.717, 1.165) is 5.92 Å². The van der Waals surface area contributed by atoms with Crippen molar-refractivity contribution in [3.8, 4) is 5.75 Å². The Balaban J connectivity index is 0.00000131. The summed E-state index contributed by atoms with van der Waals surface area (Å²) < 4.78 is 19.8. The van der Waals surface area contributed by atoms with Gasteiger partial charge in [0, 0.05) is 12.5 Å². The first-order chi connectivity index (χ1) is 14.6. The van der Waals surface area contributed by atoms with Gasteiger partial charge in [-0.1, -0.05) is 52.3 Å². The highest BCUT2D eigenvalue weighted by Gasteiger charge is 2.10. The third-order valence-electron chi connectivity index (χ3n) is 4.75. The maximum absolute atomic E-state index is 14.3. The van der Waals surface area contributed by atoms with Crippen LogP contribution < -0.4 is 10.5 Å². The van der Waals surface area contributed by atoms with Crippen LogP contribution in [0.3, 0.4) is 0 Å². The van der Waals surface area contributed by atoms with Gasteiger partial charge in [-0.3, -0.25) is 9.79 Å². The van der Waals surface area contributed by atoms with E-state index in [0.29, 0.717) is 28.4 Å². The molecular formula is C26H37FN2O2. The number of halogens is 1. The predicted molar refractivity (Wildman–Crippen MR) is 130 cm³/mol. The van der Waals surface area contributed by atoms with Gasteiger partial charge < -0.3 is 10.5 Å². The molecular weight excluding hydrogens is 391 g/mol. The fraction of sp³-hybridized carbons (Fsp3) is 0.385. The zero-order valence-corrected chi connectivity index (χ0v) is 20.0. The highest BCUT2D eigenvalue weighted by molar-refractivity contribution is 6.38. The van der Waals surface area contributed by atoms with Crippen molar-refractivity contribution in [1.29, 1.82) is 0 Å². The standard InChI is InChI=1S/C20H23FN2O2.C6H14/c1-6-8-9-17(7-2)25-19-11-10-16(12-18(19)21)20(22)14(4)23-13(3)15(5)24;1-4-6(3)5-2/h6-12H,2,22H2,1,3-5H3;6H,4-5H2,1-3H3/b8-6-,17-9+,20-14-,23-13?;. The maximum Gasteiger partial charge on any atom is 0.173 e. The van der Waals surface area contributed by atoms with Crippen LogP contribution in [0.15, 0.2) is 65.5 Å². The topological polar surface area (TPSA) is 64.7 Å². The van der Waals surface area contributed by atoms with Crippen molar-refractivity contribution in [3.63, 3.8) is 0 Å². The zero-order valence-electron chi connectivity index (χ0n) is 20.0. The zero-order chi connectivity index (χ0) is 24.0. The van der Waals surface area contributed by atoms with Gasteiger partial charge in [0.2, 0.25) is 0 Å². The lowest BCUT2D eigenvalue weighted by Crippen LogP contribution is -2.06. The number of carbonyl (C=O) groups is 1. The van der Waals surface area contributed by atoms with Crippen molar-refractivity contribution in [2.24, 2.45) is 16.6 Å². The molecule has 0 spiro atoms. The molecule has 0 saturated carbocycles. The molecule has 0 fully saturated rings. The molecule has 0 aliphatic heterocycles. The first-order valence-electron chi connectivity index (χ1n) is 10.6. The lowest BCUT2D eigenvalue weighted by atomic mass is 10.1. The van der Waals surface area contributed by atoms with Gasteiger partial charge >= 0.3 is 0 Å². The number of nitrogens with two attached hydrogens (primary N) is 1. The summed E-state index contributed by atoms with van der Waals surface area (Å²) in [4.78, 5) is 15.4. The van der Waals surface area contributed by atoms with Gasteiger partial charge in [-0.15, -0.1) is 0 Å². The Morgan fingerprint density at radius 2 is 1.87 bits per heavy atom. The number of ketones is 1. The molecule has 170 valence electrons. The molecule has 1 aromatic rings. The molecule has 0 bridgehead atoms. The van der Waals surface area contributed by atoms with Crippen LogP contribution in [0.1, 0.15) is 66.9 Å². The highest BCUT2D eigenvalue weighted by atomic mass is 19.1. The SMILES string of the molecule is C=C/C(=C\C=C/C)Oc1ccc(/C(N)=C(\C)N=C(C)C(C)=O)cc1F.CCC(C)CC. The second-order valence-corrected chi connectivity index (χ2v) is 7.22. The Labute approximate surface area is 187 Å². The van der Waals surface area contributed by atoms with E-state index in [4.69, 9.17) is 10.5 Å². The van der Waals surface area contributed by atoms with Crippen molar-refractivity contribution >= 4 is 17.2 Å². The number of rotatable bonds is 9. The molecule has 0 saturated heterocycles. The third kappa shape index (κ3) is 10.6. The van der Waals surface area contributed by atoms with E-state index in [1.807, 2.05) is 13.0 Å². The number of carbonyl (C=O) groups excluding carboxylic acids is 1. The van der Waals surface area contributed by atoms with Crippen LogP contribution in [0.25, 0.3) is 5.70 Å². The average molecular weight is 429 g/mol. The van der Waals surface area contributed by atoms with Gasteiger partial charge in [0.15, 0.2) is 17.3 Å². The van der Waals surface area contributed by atoms with Crippen LogP contribution in [-0.4, -0.2) is 11.5 Å². The van der Waals surface area contributed by atoms with Gasteiger partial charge in [0.1, 0.15) is 5.76 Å². The summed E-state index contributed by atoms with van der Waals surface area (Å²) >= 11 is 0.